The predicted molar refractivity (Wildman–Crippen MR) is 361 cm³/mol. The number of hydrogen-bond acceptors (Lipinski definition) is 8. The molecule has 0 saturated carbocycles. The van der Waals surface area contributed by atoms with Gasteiger partial charge in [-0.2, -0.15) is 0 Å². The molecular weight excluding hydrogens is 1060 g/mol. The van der Waals surface area contributed by atoms with E-state index in [1.807, 2.05) is 21.1 Å². The molecule has 498 valence electrons. The van der Waals surface area contributed by atoms with Crippen LogP contribution in [-0.4, -0.2) is 70.0 Å². The van der Waals surface area contributed by atoms with Crippen molar-refractivity contribution in [1.82, 2.24) is 0 Å². The molecule has 0 saturated heterocycles. The second kappa shape index (κ2) is 65.9. The number of ether oxygens (including phenoxy) is 2. The van der Waals surface area contributed by atoms with Gasteiger partial charge in [-0.1, -0.05) is 334 Å². The predicted octanol–water partition coefficient (Wildman–Crippen LogP) is 23.4. The summed E-state index contributed by atoms with van der Waals surface area (Å²) in [5.41, 5.74) is 0. The molecule has 0 rings (SSSR count). The number of carbonyl (C=O) groups excluding carboxylic acids is 2. The van der Waals surface area contributed by atoms with Crippen LogP contribution in [0.4, 0.5) is 0 Å². The Morgan fingerprint density at radius 1 is 0.357 bits per heavy atom. The standard InChI is InChI=1S/C74H144NO8P/c1-6-8-10-12-14-16-18-20-22-24-26-28-29-30-31-32-33-34-35-36-37-38-39-40-41-42-43-44-45-47-49-51-53-55-57-59-61-63-65-67-74(77)83-72(71-82-84(78,79)81-69-68-75(3,4)5)70-80-73(76)66-64-62-60-58-56-54-52-50-48-46-27-25-23-21-19-17-15-13-11-9-7-2/h24-27,72H,6-23,28-71H2,1-5H3/b26-24-,27-25-. The Bertz CT molecular complexity index is 1460. The van der Waals surface area contributed by atoms with Crippen molar-refractivity contribution < 1.29 is 42.1 Å². The number of likely N-dealkylation sites (N-methyl/N-ethyl adjacent to an activating group) is 1. The first-order chi connectivity index (χ1) is 41.0. The summed E-state index contributed by atoms with van der Waals surface area (Å²) in [4.78, 5) is 38.0. The molecule has 0 aromatic rings. The summed E-state index contributed by atoms with van der Waals surface area (Å²) in [7, 11) is 1.19. The molecule has 0 aromatic heterocycles. The fourth-order valence-electron chi connectivity index (χ4n) is 11.2. The Labute approximate surface area is 523 Å². The third-order valence-corrected chi connectivity index (χ3v) is 17.9. The molecule has 0 heterocycles. The van der Waals surface area contributed by atoms with Crippen LogP contribution in [0, 0.1) is 0 Å². The lowest BCUT2D eigenvalue weighted by Gasteiger charge is -2.28. The number of allylic oxidation sites excluding steroid dienone is 4. The van der Waals surface area contributed by atoms with E-state index in [0.29, 0.717) is 17.4 Å². The monoisotopic (exact) mass is 1210 g/mol. The van der Waals surface area contributed by atoms with Gasteiger partial charge in [0, 0.05) is 12.8 Å². The van der Waals surface area contributed by atoms with E-state index in [4.69, 9.17) is 18.5 Å². The topological polar surface area (TPSA) is 111 Å². The van der Waals surface area contributed by atoms with Crippen molar-refractivity contribution in [3.05, 3.63) is 24.3 Å². The van der Waals surface area contributed by atoms with E-state index >= 15 is 0 Å². The number of phosphoric acid groups is 1. The first kappa shape index (κ1) is 82.5. The third kappa shape index (κ3) is 69.6. The second-order valence-electron chi connectivity index (χ2n) is 26.7. The van der Waals surface area contributed by atoms with Gasteiger partial charge < -0.3 is 27.9 Å². The molecule has 2 atom stereocenters. The first-order valence-electron chi connectivity index (χ1n) is 37.0. The highest BCUT2D eigenvalue weighted by Gasteiger charge is 2.22. The van der Waals surface area contributed by atoms with Crippen molar-refractivity contribution in [1.29, 1.82) is 0 Å². The van der Waals surface area contributed by atoms with E-state index in [0.717, 1.165) is 32.1 Å². The van der Waals surface area contributed by atoms with Crippen LogP contribution in [0.2, 0.25) is 0 Å². The minimum atomic E-state index is -4.64. The van der Waals surface area contributed by atoms with Gasteiger partial charge in [0.2, 0.25) is 0 Å². The minimum absolute atomic E-state index is 0.0276. The van der Waals surface area contributed by atoms with Gasteiger partial charge in [0.15, 0.2) is 6.10 Å². The molecule has 0 radical (unpaired) electrons. The van der Waals surface area contributed by atoms with Gasteiger partial charge in [0.1, 0.15) is 19.8 Å². The summed E-state index contributed by atoms with van der Waals surface area (Å²) in [5.74, 6) is -0.813. The van der Waals surface area contributed by atoms with Gasteiger partial charge in [-0.05, 0) is 64.2 Å². The first-order valence-corrected chi connectivity index (χ1v) is 38.5. The summed E-state index contributed by atoms with van der Waals surface area (Å²) in [5, 5.41) is 0. The van der Waals surface area contributed by atoms with Crippen LogP contribution in [0.25, 0.3) is 0 Å². The van der Waals surface area contributed by atoms with Crippen molar-refractivity contribution >= 4 is 19.8 Å². The number of esters is 2. The van der Waals surface area contributed by atoms with E-state index in [1.54, 1.807) is 0 Å². The Kier molecular flexibility index (Phi) is 64.7. The van der Waals surface area contributed by atoms with E-state index in [1.165, 1.54) is 321 Å². The fraction of sp³-hybridized carbons (Fsp3) is 0.919. The molecule has 0 N–H and O–H groups in total. The van der Waals surface area contributed by atoms with Crippen molar-refractivity contribution in [2.24, 2.45) is 0 Å². The zero-order chi connectivity index (χ0) is 61.2. The summed E-state index contributed by atoms with van der Waals surface area (Å²) >= 11 is 0. The molecule has 9 nitrogen and oxygen atoms in total. The molecule has 0 amide bonds. The molecule has 0 aliphatic carbocycles. The third-order valence-electron chi connectivity index (χ3n) is 16.9. The van der Waals surface area contributed by atoms with E-state index in [2.05, 4.69) is 38.2 Å². The van der Waals surface area contributed by atoms with Crippen LogP contribution >= 0.6 is 7.82 Å². The molecule has 2 unspecified atom stereocenters. The van der Waals surface area contributed by atoms with Crippen LogP contribution in [0.1, 0.15) is 386 Å². The van der Waals surface area contributed by atoms with Crippen molar-refractivity contribution in [3.8, 4) is 0 Å². The van der Waals surface area contributed by atoms with Gasteiger partial charge >= 0.3 is 11.9 Å². The maximum atomic E-state index is 12.9. The Hall–Kier alpha value is -1.51. The molecule has 0 fully saturated rings. The van der Waals surface area contributed by atoms with Gasteiger partial charge in [0.25, 0.3) is 7.82 Å². The fourth-order valence-corrected chi connectivity index (χ4v) is 12.0. The van der Waals surface area contributed by atoms with E-state index in [-0.39, 0.29) is 32.0 Å². The Morgan fingerprint density at radius 3 is 0.881 bits per heavy atom. The summed E-state index contributed by atoms with van der Waals surface area (Å²) < 4.78 is 34.3. The van der Waals surface area contributed by atoms with Crippen LogP contribution in [0.3, 0.4) is 0 Å². The smallest absolute Gasteiger partial charge is 0.306 e. The summed E-state index contributed by atoms with van der Waals surface area (Å²) in [6, 6.07) is 0. The molecule has 0 spiro atoms. The number of carbonyl (C=O) groups is 2. The van der Waals surface area contributed by atoms with Crippen molar-refractivity contribution in [2.75, 3.05) is 47.5 Å². The Morgan fingerprint density at radius 2 is 0.607 bits per heavy atom. The highest BCUT2D eigenvalue weighted by atomic mass is 31.2. The van der Waals surface area contributed by atoms with Crippen LogP contribution in [0.5, 0.6) is 0 Å². The van der Waals surface area contributed by atoms with Gasteiger partial charge in [-0.3, -0.25) is 14.2 Å². The van der Waals surface area contributed by atoms with Crippen LogP contribution in [0.15, 0.2) is 24.3 Å². The lowest BCUT2D eigenvalue weighted by molar-refractivity contribution is -0.870. The molecular formula is C74H144NO8P. The number of unbranched alkanes of at least 4 members (excludes halogenated alkanes) is 52. The molecule has 10 heteroatoms. The normalized spacial score (nSPS) is 13.2. The molecule has 84 heavy (non-hydrogen) atoms. The van der Waals surface area contributed by atoms with Gasteiger partial charge in [0.05, 0.1) is 27.7 Å². The summed E-state index contributed by atoms with van der Waals surface area (Å²) in [6.45, 7) is 4.31. The number of rotatable bonds is 70. The number of nitrogens with zero attached hydrogens (tertiary/aromatic N) is 1. The number of phosphoric ester groups is 1. The maximum Gasteiger partial charge on any atom is 0.306 e. The van der Waals surface area contributed by atoms with Gasteiger partial charge in [-0.15, -0.1) is 0 Å². The zero-order valence-electron chi connectivity index (χ0n) is 56.9. The zero-order valence-corrected chi connectivity index (χ0v) is 57.8. The van der Waals surface area contributed by atoms with E-state index < -0.39 is 26.5 Å². The minimum Gasteiger partial charge on any atom is -0.756 e. The molecule has 0 aliphatic rings. The van der Waals surface area contributed by atoms with Crippen molar-refractivity contribution in [3.63, 3.8) is 0 Å². The highest BCUT2D eigenvalue weighted by molar-refractivity contribution is 7.45. The maximum absolute atomic E-state index is 12.9. The van der Waals surface area contributed by atoms with Crippen molar-refractivity contribution in [2.45, 2.75) is 392 Å². The number of quaternary nitrogens is 1. The number of hydrogen-bond donors (Lipinski definition) is 0. The largest absolute Gasteiger partial charge is 0.756 e. The molecule has 0 bridgehead atoms. The highest BCUT2D eigenvalue weighted by Crippen LogP contribution is 2.38. The quantitative estimate of drug-likeness (QED) is 0.0195. The SMILES string of the molecule is CCCCCCCCCC/C=C\CCCCCCCCCCCCCCCCCCCCCCCCCCCCCC(=O)OC(COC(=O)CCCCCCCCCCC/C=C\CCCCCCCCCC)COP(=O)([O-])OCC[N+](C)(C)C. The van der Waals surface area contributed by atoms with Crippen LogP contribution < -0.4 is 4.89 Å². The average molecular weight is 1210 g/mol. The molecule has 0 aliphatic heterocycles. The average Bonchev–Trinajstić information content (AvgIpc) is 3.61. The van der Waals surface area contributed by atoms with E-state index in [9.17, 15) is 19.0 Å². The Balaban J connectivity index is 3.89. The summed E-state index contributed by atoms with van der Waals surface area (Å²) in [6.07, 6.45) is 82.9. The van der Waals surface area contributed by atoms with Crippen LogP contribution in [-0.2, 0) is 32.7 Å². The van der Waals surface area contributed by atoms with Gasteiger partial charge in [-0.25, -0.2) is 0 Å². The second-order valence-corrected chi connectivity index (χ2v) is 28.1. The lowest BCUT2D eigenvalue weighted by atomic mass is 10.0. The molecule has 0 aromatic carbocycles. The lowest BCUT2D eigenvalue weighted by Crippen LogP contribution is -2.37.